The summed E-state index contributed by atoms with van der Waals surface area (Å²) in [5.41, 5.74) is 1.69. The third-order valence-corrected chi connectivity index (χ3v) is 7.04. The van der Waals surface area contributed by atoms with Crippen molar-refractivity contribution in [1.82, 2.24) is 0 Å². The van der Waals surface area contributed by atoms with Gasteiger partial charge in [-0.3, -0.25) is 0 Å². The number of hydrogen-bond donors (Lipinski definition) is 0. The highest BCUT2D eigenvalue weighted by Crippen LogP contribution is 2.39. The van der Waals surface area contributed by atoms with Gasteiger partial charge >= 0.3 is 18.3 Å². The van der Waals surface area contributed by atoms with Crippen LogP contribution in [0.15, 0.2) is 85.0 Å². The van der Waals surface area contributed by atoms with Gasteiger partial charge in [0.2, 0.25) is 0 Å². The quantitative estimate of drug-likeness (QED) is 0.224. The second-order valence-electron chi connectivity index (χ2n) is 10.1. The number of benzene rings is 2. The number of allylic oxidation sites excluding steroid dienone is 2. The fourth-order valence-corrected chi connectivity index (χ4v) is 5.03. The fraction of sp³-hybridized carbons (Fsp3) is 0.406. The Labute approximate surface area is 234 Å². The summed E-state index contributed by atoms with van der Waals surface area (Å²) in [6.07, 6.45) is 7.34. The molecule has 1 aliphatic heterocycles. The van der Waals surface area contributed by atoms with Crippen LogP contribution in [0.3, 0.4) is 0 Å². The summed E-state index contributed by atoms with van der Waals surface area (Å²) >= 11 is 0. The number of esters is 1. The Morgan fingerprint density at radius 2 is 1.48 bits per heavy atom. The van der Waals surface area contributed by atoms with Crippen molar-refractivity contribution < 1.29 is 38.1 Å². The molecule has 1 heterocycles. The molecule has 1 aliphatic carbocycles. The molecule has 5 atom stereocenters. The molecule has 0 N–H and O–H groups in total. The zero-order chi connectivity index (χ0) is 28.2. The van der Waals surface area contributed by atoms with Gasteiger partial charge < -0.3 is 23.7 Å². The largest absolute Gasteiger partial charge is 0.509 e. The van der Waals surface area contributed by atoms with E-state index < -0.39 is 30.5 Å². The number of hydrogen-bond acceptors (Lipinski definition) is 8. The molecule has 8 nitrogen and oxygen atoms in total. The van der Waals surface area contributed by atoms with E-state index in [9.17, 15) is 14.4 Å². The first-order valence-corrected chi connectivity index (χ1v) is 13.8. The smallest absolute Gasteiger partial charge is 0.460 e. The summed E-state index contributed by atoms with van der Waals surface area (Å²) in [7, 11) is 0. The molecule has 2 aromatic carbocycles. The van der Waals surface area contributed by atoms with Gasteiger partial charge in [-0.1, -0.05) is 72.8 Å². The van der Waals surface area contributed by atoms with E-state index in [0.717, 1.165) is 30.4 Å². The monoisotopic (exact) mass is 548 g/mol. The summed E-state index contributed by atoms with van der Waals surface area (Å²) in [5.74, 6) is -0.815. The molecule has 2 aliphatic rings. The third-order valence-electron chi connectivity index (χ3n) is 7.04. The van der Waals surface area contributed by atoms with Crippen molar-refractivity contribution in [2.75, 3.05) is 0 Å². The van der Waals surface area contributed by atoms with Gasteiger partial charge in [0.1, 0.15) is 25.4 Å². The second-order valence-corrected chi connectivity index (χ2v) is 10.1. The van der Waals surface area contributed by atoms with Crippen LogP contribution in [-0.4, -0.2) is 36.6 Å². The van der Waals surface area contributed by atoms with Gasteiger partial charge in [0.15, 0.2) is 0 Å². The van der Waals surface area contributed by atoms with Gasteiger partial charge in [-0.25, -0.2) is 14.4 Å². The minimum atomic E-state index is -0.848. The Kier molecular flexibility index (Phi) is 10.8. The lowest BCUT2D eigenvalue weighted by molar-refractivity contribution is -0.142. The SMILES string of the molecule is C[C@H]1CCC/C=C/[C@@H]2C[C@H](OC(=O)OCc3ccccc3)C[C@H]2[C@H](OC(=O)OCc2ccccc2)/C=C/C(=O)O1. The van der Waals surface area contributed by atoms with Gasteiger partial charge in [0.05, 0.1) is 6.10 Å². The zero-order valence-electron chi connectivity index (χ0n) is 22.7. The van der Waals surface area contributed by atoms with E-state index in [4.69, 9.17) is 23.7 Å². The molecule has 8 heteroatoms. The summed E-state index contributed by atoms with van der Waals surface area (Å²) in [6, 6.07) is 18.7. The first-order chi connectivity index (χ1) is 19.5. The molecule has 212 valence electrons. The van der Waals surface area contributed by atoms with Crippen molar-refractivity contribution in [3.05, 3.63) is 96.1 Å². The van der Waals surface area contributed by atoms with Crippen molar-refractivity contribution in [1.29, 1.82) is 0 Å². The number of ether oxygens (including phenoxy) is 5. The Balaban J connectivity index is 1.44. The van der Waals surface area contributed by atoms with Crippen LogP contribution in [0.25, 0.3) is 0 Å². The molecule has 0 radical (unpaired) electrons. The topological polar surface area (TPSA) is 97.4 Å². The van der Waals surface area contributed by atoms with Crippen molar-refractivity contribution >= 4 is 18.3 Å². The lowest BCUT2D eigenvalue weighted by Crippen LogP contribution is -2.28. The Morgan fingerprint density at radius 1 is 0.850 bits per heavy atom. The van der Waals surface area contributed by atoms with Gasteiger partial charge in [0, 0.05) is 12.0 Å². The summed E-state index contributed by atoms with van der Waals surface area (Å²) < 4.78 is 27.5. The van der Waals surface area contributed by atoms with Crippen molar-refractivity contribution in [3.8, 4) is 0 Å². The minimum Gasteiger partial charge on any atom is -0.460 e. The van der Waals surface area contributed by atoms with Crippen LogP contribution in [0.2, 0.25) is 0 Å². The van der Waals surface area contributed by atoms with Crippen LogP contribution in [-0.2, 0) is 41.7 Å². The summed E-state index contributed by atoms with van der Waals surface area (Å²) in [4.78, 5) is 37.6. The molecule has 0 aromatic heterocycles. The maximum Gasteiger partial charge on any atom is 0.509 e. The molecule has 4 rings (SSSR count). The maximum atomic E-state index is 12.7. The minimum absolute atomic E-state index is 0.0577. The molecule has 0 spiro atoms. The molecule has 0 bridgehead atoms. The summed E-state index contributed by atoms with van der Waals surface area (Å²) in [5, 5.41) is 0. The van der Waals surface area contributed by atoms with Crippen LogP contribution >= 0.6 is 0 Å². The summed E-state index contributed by atoms with van der Waals surface area (Å²) in [6.45, 7) is 2.03. The lowest BCUT2D eigenvalue weighted by Gasteiger charge is -2.24. The van der Waals surface area contributed by atoms with Gasteiger partial charge in [-0.15, -0.1) is 0 Å². The number of carbonyl (C=O) groups excluding carboxylic acids is 3. The third kappa shape index (κ3) is 9.29. The first kappa shape index (κ1) is 28.9. The first-order valence-electron chi connectivity index (χ1n) is 13.8. The number of rotatable bonds is 6. The van der Waals surface area contributed by atoms with Crippen LogP contribution in [0.4, 0.5) is 9.59 Å². The molecule has 40 heavy (non-hydrogen) atoms. The number of carbonyl (C=O) groups is 3. The van der Waals surface area contributed by atoms with Crippen molar-refractivity contribution in [2.45, 2.75) is 70.6 Å². The number of cyclic esters (lactones) is 1. The van der Waals surface area contributed by atoms with E-state index in [0.29, 0.717) is 12.8 Å². The molecule has 0 saturated heterocycles. The highest BCUT2D eigenvalue weighted by molar-refractivity contribution is 5.82. The van der Waals surface area contributed by atoms with E-state index >= 15 is 0 Å². The van der Waals surface area contributed by atoms with Crippen LogP contribution in [0, 0.1) is 11.8 Å². The highest BCUT2D eigenvalue weighted by Gasteiger charge is 2.41. The van der Waals surface area contributed by atoms with E-state index in [1.165, 1.54) is 6.08 Å². The van der Waals surface area contributed by atoms with E-state index in [1.807, 2.05) is 67.6 Å². The second kappa shape index (κ2) is 14.9. The Bertz CT molecular complexity index is 1160. The van der Waals surface area contributed by atoms with Crippen LogP contribution < -0.4 is 0 Å². The maximum absolute atomic E-state index is 12.7. The van der Waals surface area contributed by atoms with Gasteiger partial charge in [0.25, 0.3) is 0 Å². The van der Waals surface area contributed by atoms with E-state index in [-0.39, 0.29) is 31.2 Å². The average Bonchev–Trinajstić information content (AvgIpc) is 3.35. The standard InChI is InChI=1S/C32H36O8/c1-23-11-5-2-10-16-26-19-27(39-31(34)36-21-24-12-6-3-7-13-24)20-28(26)29(17-18-30(33)38-23)40-32(35)37-22-25-14-8-4-9-15-25/h3-4,6-10,12-18,23,26-29H,2,5,11,19-22H2,1H3/b16-10+,18-17+/t23-,26+,27-,28+,29+/m0/s1. The van der Waals surface area contributed by atoms with Crippen LogP contribution in [0.1, 0.15) is 50.2 Å². The average molecular weight is 549 g/mol. The highest BCUT2D eigenvalue weighted by atomic mass is 16.7. The molecule has 1 fully saturated rings. The predicted octanol–water partition coefficient (Wildman–Crippen LogP) is 6.68. The van der Waals surface area contributed by atoms with Gasteiger partial charge in [-0.2, -0.15) is 0 Å². The molecular formula is C32H36O8. The molecule has 1 saturated carbocycles. The molecular weight excluding hydrogens is 512 g/mol. The molecule has 2 aromatic rings. The van der Waals surface area contributed by atoms with Crippen LogP contribution in [0.5, 0.6) is 0 Å². The van der Waals surface area contributed by atoms with Crippen molar-refractivity contribution in [3.63, 3.8) is 0 Å². The van der Waals surface area contributed by atoms with Crippen molar-refractivity contribution in [2.24, 2.45) is 11.8 Å². The predicted molar refractivity (Wildman–Crippen MR) is 147 cm³/mol. The van der Waals surface area contributed by atoms with Gasteiger partial charge in [-0.05, 0) is 62.1 Å². The Morgan fingerprint density at radius 3 is 2.12 bits per heavy atom. The lowest BCUT2D eigenvalue weighted by atomic mass is 9.89. The van der Waals surface area contributed by atoms with E-state index in [2.05, 4.69) is 12.2 Å². The molecule has 0 unspecified atom stereocenters. The normalized spacial score (nSPS) is 26.4. The van der Waals surface area contributed by atoms with E-state index in [1.54, 1.807) is 6.08 Å². The Hall–Kier alpha value is -4.07. The molecule has 0 amide bonds. The number of fused-ring (bicyclic) bond motifs is 1. The fourth-order valence-electron chi connectivity index (χ4n) is 5.03. The zero-order valence-corrected chi connectivity index (χ0v) is 22.7.